The minimum absolute atomic E-state index is 0.0595. The van der Waals surface area contributed by atoms with Gasteiger partial charge >= 0.3 is 6.09 Å². The molecule has 1 atom stereocenters. The molecule has 0 aromatic carbocycles. The first-order chi connectivity index (χ1) is 7.45. The van der Waals surface area contributed by atoms with Crippen molar-refractivity contribution in [2.45, 2.75) is 26.0 Å². The quantitative estimate of drug-likeness (QED) is 0.713. The number of likely N-dealkylation sites (N-methyl/N-ethyl adjacent to an activating group) is 1. The molecule has 0 aromatic heterocycles. The first kappa shape index (κ1) is 12.8. The van der Waals surface area contributed by atoms with Crippen LogP contribution in [-0.4, -0.2) is 60.6 Å². The molecule has 1 heterocycles. The van der Waals surface area contributed by atoms with Crippen molar-refractivity contribution in [1.82, 2.24) is 9.80 Å². The molecule has 1 fully saturated rings. The smallest absolute Gasteiger partial charge is 0.410 e. The molecular formula is C10H19N3O3. The summed E-state index contributed by atoms with van der Waals surface area (Å²) in [6.07, 6.45) is -0.745. The molecule has 0 aliphatic carbocycles. The van der Waals surface area contributed by atoms with Crippen molar-refractivity contribution in [3.8, 4) is 0 Å². The summed E-state index contributed by atoms with van der Waals surface area (Å²) in [4.78, 5) is 26.1. The molecule has 1 saturated heterocycles. The SMILES string of the molecule is CC(C)N(C)C(=O)CN1CC(CN)OC1=O. The Labute approximate surface area is 95.3 Å². The molecule has 0 aromatic rings. The topological polar surface area (TPSA) is 75.9 Å². The van der Waals surface area contributed by atoms with E-state index in [4.69, 9.17) is 10.5 Å². The molecule has 2 amide bonds. The molecule has 6 nitrogen and oxygen atoms in total. The number of carbonyl (C=O) groups excluding carboxylic acids is 2. The van der Waals surface area contributed by atoms with E-state index >= 15 is 0 Å². The zero-order valence-electron chi connectivity index (χ0n) is 9.97. The van der Waals surface area contributed by atoms with E-state index in [1.807, 2.05) is 13.8 Å². The fourth-order valence-corrected chi connectivity index (χ4v) is 1.39. The minimum Gasteiger partial charge on any atom is -0.443 e. The third-order valence-electron chi connectivity index (χ3n) is 2.71. The van der Waals surface area contributed by atoms with Crippen LogP contribution in [0.1, 0.15) is 13.8 Å². The third-order valence-corrected chi connectivity index (χ3v) is 2.71. The molecule has 92 valence electrons. The van der Waals surface area contributed by atoms with Gasteiger partial charge in [0, 0.05) is 19.6 Å². The molecule has 0 radical (unpaired) electrons. The Morgan fingerprint density at radius 1 is 1.69 bits per heavy atom. The van der Waals surface area contributed by atoms with Crippen molar-refractivity contribution in [2.24, 2.45) is 5.73 Å². The number of amides is 2. The van der Waals surface area contributed by atoms with Crippen LogP contribution in [0.5, 0.6) is 0 Å². The number of ether oxygens (including phenoxy) is 1. The summed E-state index contributed by atoms with van der Waals surface area (Å²) in [5.74, 6) is -0.0929. The molecule has 1 aliphatic rings. The predicted octanol–water partition coefficient (Wildman–Crippen LogP) is -0.367. The van der Waals surface area contributed by atoms with Gasteiger partial charge in [-0.25, -0.2) is 4.79 Å². The van der Waals surface area contributed by atoms with Gasteiger partial charge in [-0.15, -0.1) is 0 Å². The van der Waals surface area contributed by atoms with Crippen LogP contribution in [0.3, 0.4) is 0 Å². The van der Waals surface area contributed by atoms with E-state index in [2.05, 4.69) is 0 Å². The van der Waals surface area contributed by atoms with Gasteiger partial charge in [-0.3, -0.25) is 9.69 Å². The third kappa shape index (κ3) is 2.85. The highest BCUT2D eigenvalue weighted by atomic mass is 16.6. The number of hydrogen-bond donors (Lipinski definition) is 1. The van der Waals surface area contributed by atoms with Gasteiger partial charge in [-0.2, -0.15) is 0 Å². The maximum Gasteiger partial charge on any atom is 0.410 e. The average molecular weight is 229 g/mol. The Morgan fingerprint density at radius 3 is 2.75 bits per heavy atom. The highest BCUT2D eigenvalue weighted by molar-refractivity contribution is 5.83. The molecule has 2 N–H and O–H groups in total. The summed E-state index contributed by atoms with van der Waals surface area (Å²) in [5, 5.41) is 0. The molecule has 1 rings (SSSR count). The molecular weight excluding hydrogens is 210 g/mol. The van der Waals surface area contributed by atoms with Crippen molar-refractivity contribution >= 4 is 12.0 Å². The van der Waals surface area contributed by atoms with Crippen LogP contribution in [0, 0.1) is 0 Å². The van der Waals surface area contributed by atoms with Gasteiger partial charge in [-0.1, -0.05) is 0 Å². The van der Waals surface area contributed by atoms with Gasteiger partial charge in [0.05, 0.1) is 6.54 Å². The van der Waals surface area contributed by atoms with Gasteiger partial charge in [-0.05, 0) is 13.8 Å². The molecule has 0 bridgehead atoms. The lowest BCUT2D eigenvalue weighted by molar-refractivity contribution is -0.131. The summed E-state index contributed by atoms with van der Waals surface area (Å²) in [6.45, 7) is 4.58. The largest absolute Gasteiger partial charge is 0.443 e. The Balaban J connectivity index is 2.49. The van der Waals surface area contributed by atoms with Crippen LogP contribution in [0.25, 0.3) is 0 Å². The Kier molecular flexibility index (Phi) is 4.12. The number of cyclic esters (lactones) is 1. The summed E-state index contributed by atoms with van der Waals surface area (Å²) in [5.41, 5.74) is 5.40. The van der Waals surface area contributed by atoms with E-state index in [9.17, 15) is 9.59 Å². The zero-order chi connectivity index (χ0) is 12.3. The van der Waals surface area contributed by atoms with E-state index in [1.54, 1.807) is 11.9 Å². The van der Waals surface area contributed by atoms with Crippen LogP contribution in [0.15, 0.2) is 0 Å². The summed E-state index contributed by atoms with van der Waals surface area (Å²) in [7, 11) is 1.72. The van der Waals surface area contributed by atoms with E-state index in [-0.39, 0.29) is 31.1 Å². The fraction of sp³-hybridized carbons (Fsp3) is 0.800. The number of hydrogen-bond acceptors (Lipinski definition) is 4. The van der Waals surface area contributed by atoms with Gasteiger partial charge in [0.15, 0.2) is 0 Å². The maximum atomic E-state index is 11.7. The standard InChI is InChI=1S/C10H19N3O3/c1-7(2)12(3)9(14)6-13-5-8(4-11)16-10(13)15/h7-8H,4-6,11H2,1-3H3. The number of carbonyl (C=O) groups is 2. The number of nitrogens with two attached hydrogens (primary N) is 1. The van der Waals surface area contributed by atoms with Crippen molar-refractivity contribution in [3.05, 3.63) is 0 Å². The van der Waals surface area contributed by atoms with Crippen LogP contribution < -0.4 is 5.73 Å². The van der Waals surface area contributed by atoms with Crippen molar-refractivity contribution in [1.29, 1.82) is 0 Å². The van der Waals surface area contributed by atoms with Gasteiger partial charge < -0.3 is 15.4 Å². The first-order valence-electron chi connectivity index (χ1n) is 5.37. The van der Waals surface area contributed by atoms with Crippen LogP contribution in [-0.2, 0) is 9.53 Å². The summed E-state index contributed by atoms with van der Waals surface area (Å²) >= 11 is 0. The Morgan fingerprint density at radius 2 is 2.31 bits per heavy atom. The van der Waals surface area contributed by atoms with Crippen molar-refractivity contribution in [2.75, 3.05) is 26.7 Å². The van der Waals surface area contributed by atoms with Gasteiger partial charge in [0.1, 0.15) is 12.6 Å². The van der Waals surface area contributed by atoms with E-state index in [1.165, 1.54) is 4.90 Å². The molecule has 0 saturated carbocycles. The first-order valence-corrected chi connectivity index (χ1v) is 5.37. The van der Waals surface area contributed by atoms with Crippen molar-refractivity contribution < 1.29 is 14.3 Å². The Bertz CT molecular complexity index is 280. The second-order valence-electron chi connectivity index (χ2n) is 4.22. The van der Waals surface area contributed by atoms with Gasteiger partial charge in [0.2, 0.25) is 5.91 Å². The molecule has 16 heavy (non-hydrogen) atoms. The van der Waals surface area contributed by atoms with E-state index < -0.39 is 6.09 Å². The highest BCUT2D eigenvalue weighted by Crippen LogP contribution is 2.10. The minimum atomic E-state index is -0.457. The van der Waals surface area contributed by atoms with Crippen LogP contribution in [0.4, 0.5) is 4.79 Å². The van der Waals surface area contributed by atoms with Gasteiger partial charge in [0.25, 0.3) is 0 Å². The van der Waals surface area contributed by atoms with E-state index in [0.717, 1.165) is 0 Å². The number of rotatable bonds is 4. The van der Waals surface area contributed by atoms with Crippen LogP contribution >= 0.6 is 0 Å². The Hall–Kier alpha value is -1.30. The average Bonchev–Trinajstić information content (AvgIpc) is 2.58. The second-order valence-corrected chi connectivity index (χ2v) is 4.22. The lowest BCUT2D eigenvalue weighted by Crippen LogP contribution is -2.42. The molecule has 6 heteroatoms. The van der Waals surface area contributed by atoms with E-state index in [0.29, 0.717) is 6.54 Å². The number of nitrogens with zero attached hydrogens (tertiary/aromatic N) is 2. The normalized spacial score (nSPS) is 20.2. The lowest BCUT2D eigenvalue weighted by Gasteiger charge is -2.23. The zero-order valence-corrected chi connectivity index (χ0v) is 9.97. The highest BCUT2D eigenvalue weighted by Gasteiger charge is 2.32. The summed E-state index contributed by atoms with van der Waals surface area (Å²) < 4.78 is 4.96. The summed E-state index contributed by atoms with van der Waals surface area (Å²) in [6, 6.07) is 0.122. The monoisotopic (exact) mass is 229 g/mol. The second kappa shape index (κ2) is 5.16. The predicted molar refractivity (Wildman–Crippen MR) is 58.8 cm³/mol. The van der Waals surface area contributed by atoms with Crippen LogP contribution in [0.2, 0.25) is 0 Å². The lowest BCUT2D eigenvalue weighted by atomic mass is 10.3. The molecule has 1 aliphatic heterocycles. The molecule has 0 spiro atoms. The maximum absolute atomic E-state index is 11.7. The molecule has 1 unspecified atom stereocenters. The fourth-order valence-electron chi connectivity index (χ4n) is 1.39. The van der Waals surface area contributed by atoms with Crippen molar-refractivity contribution in [3.63, 3.8) is 0 Å².